The number of halogens is 3. The van der Waals surface area contributed by atoms with Gasteiger partial charge in [0.2, 0.25) is 0 Å². The summed E-state index contributed by atoms with van der Waals surface area (Å²) in [6.07, 6.45) is -2.66. The molecule has 2 aromatic rings. The van der Waals surface area contributed by atoms with E-state index in [4.69, 9.17) is 0 Å². The standard InChI is InChI=1S/C17H17F3OS.C2H4/c1-22(21)16-10-8-15(9-11-16)14-6-4-13(5-7-14)3-2-12-17(18,19)20;1-2/h4-11H,2-3,12H2,1H3;1-2H2. The molecule has 2 aromatic carbocycles. The largest absolute Gasteiger partial charge is 0.389 e. The van der Waals surface area contributed by atoms with E-state index in [1.807, 2.05) is 48.5 Å². The summed E-state index contributed by atoms with van der Waals surface area (Å²) < 4.78 is 47.7. The molecule has 0 saturated heterocycles. The van der Waals surface area contributed by atoms with E-state index in [1.54, 1.807) is 6.26 Å². The second kappa shape index (κ2) is 9.42. The number of rotatable bonds is 5. The van der Waals surface area contributed by atoms with Crippen LogP contribution in [-0.2, 0) is 17.2 Å². The summed E-state index contributed by atoms with van der Waals surface area (Å²) in [5, 5.41) is 0. The Hall–Kier alpha value is -1.88. The molecule has 0 saturated carbocycles. The van der Waals surface area contributed by atoms with Gasteiger partial charge in [-0.1, -0.05) is 36.4 Å². The van der Waals surface area contributed by atoms with E-state index in [0.717, 1.165) is 21.6 Å². The molecule has 0 amide bonds. The Morgan fingerprint density at radius 1 is 0.917 bits per heavy atom. The van der Waals surface area contributed by atoms with Gasteiger partial charge >= 0.3 is 6.18 Å². The molecular weight excluding hydrogens is 333 g/mol. The topological polar surface area (TPSA) is 17.1 Å². The average molecular weight is 354 g/mol. The van der Waals surface area contributed by atoms with Gasteiger partial charge in [-0.3, -0.25) is 4.21 Å². The summed E-state index contributed by atoms with van der Waals surface area (Å²) in [5.74, 6) is 0. The van der Waals surface area contributed by atoms with Gasteiger partial charge in [0.05, 0.1) is 0 Å². The fraction of sp³-hybridized carbons (Fsp3) is 0.263. The zero-order chi connectivity index (χ0) is 18.2. The first-order valence-electron chi connectivity index (χ1n) is 7.45. The van der Waals surface area contributed by atoms with Crippen LogP contribution in [0.1, 0.15) is 18.4 Å². The molecule has 1 unspecified atom stereocenters. The molecule has 0 aliphatic heterocycles. The summed E-state index contributed by atoms with van der Waals surface area (Å²) >= 11 is 0. The summed E-state index contributed by atoms with van der Waals surface area (Å²) in [7, 11) is -1.00. The fourth-order valence-electron chi connectivity index (χ4n) is 2.20. The van der Waals surface area contributed by atoms with Crippen LogP contribution < -0.4 is 0 Å². The third kappa shape index (κ3) is 6.71. The first-order chi connectivity index (χ1) is 11.3. The Kier molecular flexibility index (Phi) is 7.92. The van der Waals surface area contributed by atoms with Crippen molar-refractivity contribution in [1.82, 2.24) is 0 Å². The highest BCUT2D eigenvalue weighted by Crippen LogP contribution is 2.24. The van der Waals surface area contributed by atoms with Gasteiger partial charge < -0.3 is 0 Å². The molecule has 0 aliphatic rings. The predicted octanol–water partition coefficient (Wildman–Crippen LogP) is 5.78. The molecule has 0 heterocycles. The van der Waals surface area contributed by atoms with Crippen LogP contribution in [0.2, 0.25) is 0 Å². The molecule has 0 aliphatic carbocycles. The van der Waals surface area contributed by atoms with Crippen molar-refractivity contribution < 1.29 is 17.4 Å². The number of hydrogen-bond acceptors (Lipinski definition) is 1. The smallest absolute Gasteiger partial charge is 0.255 e. The van der Waals surface area contributed by atoms with Crippen molar-refractivity contribution in [1.29, 1.82) is 0 Å². The lowest BCUT2D eigenvalue weighted by Crippen LogP contribution is -2.07. The maximum Gasteiger partial charge on any atom is 0.389 e. The molecule has 1 nitrogen and oxygen atoms in total. The molecule has 2 rings (SSSR count). The summed E-state index contributed by atoms with van der Waals surface area (Å²) in [6.45, 7) is 6.00. The van der Waals surface area contributed by atoms with Crippen molar-refractivity contribution in [2.24, 2.45) is 0 Å². The molecule has 0 spiro atoms. The van der Waals surface area contributed by atoms with Crippen molar-refractivity contribution in [3.63, 3.8) is 0 Å². The molecular formula is C19H21F3OS. The van der Waals surface area contributed by atoms with Gasteiger partial charge in [-0.2, -0.15) is 13.2 Å². The van der Waals surface area contributed by atoms with Gasteiger partial charge in [0.15, 0.2) is 0 Å². The maximum absolute atomic E-state index is 12.1. The van der Waals surface area contributed by atoms with Crippen LogP contribution in [0.3, 0.4) is 0 Å². The Bertz CT molecular complexity index is 646. The lowest BCUT2D eigenvalue weighted by atomic mass is 10.0. The monoisotopic (exact) mass is 354 g/mol. The first kappa shape index (κ1) is 20.2. The van der Waals surface area contributed by atoms with Crippen LogP contribution in [0, 0.1) is 0 Å². The van der Waals surface area contributed by atoms with Crippen LogP contribution in [-0.4, -0.2) is 16.6 Å². The van der Waals surface area contributed by atoms with Crippen molar-refractivity contribution in [3.05, 3.63) is 67.3 Å². The molecule has 1 atom stereocenters. The van der Waals surface area contributed by atoms with Gasteiger partial charge in [-0.15, -0.1) is 13.2 Å². The highest BCUT2D eigenvalue weighted by atomic mass is 32.2. The number of hydrogen-bond donors (Lipinski definition) is 0. The molecule has 0 aromatic heterocycles. The lowest BCUT2D eigenvalue weighted by molar-refractivity contribution is -0.135. The van der Waals surface area contributed by atoms with Crippen molar-refractivity contribution in [3.8, 4) is 11.1 Å². The third-order valence-corrected chi connectivity index (χ3v) is 4.34. The minimum absolute atomic E-state index is 0.111. The van der Waals surface area contributed by atoms with Crippen molar-refractivity contribution >= 4 is 10.8 Å². The van der Waals surface area contributed by atoms with Gasteiger partial charge in [-0.25, -0.2) is 0 Å². The molecule has 5 heteroatoms. The Labute approximate surface area is 143 Å². The Balaban J connectivity index is 0.00000139. The molecule has 0 fully saturated rings. The number of benzene rings is 2. The van der Waals surface area contributed by atoms with Gasteiger partial charge in [0, 0.05) is 28.4 Å². The summed E-state index contributed by atoms with van der Waals surface area (Å²) in [5.41, 5.74) is 2.89. The first-order valence-corrected chi connectivity index (χ1v) is 9.00. The molecule has 24 heavy (non-hydrogen) atoms. The molecule has 0 radical (unpaired) electrons. The minimum Gasteiger partial charge on any atom is -0.255 e. The van der Waals surface area contributed by atoms with Gasteiger partial charge in [0.25, 0.3) is 0 Å². The predicted molar refractivity (Wildman–Crippen MR) is 94.5 cm³/mol. The van der Waals surface area contributed by atoms with E-state index < -0.39 is 23.4 Å². The summed E-state index contributed by atoms with van der Waals surface area (Å²) in [4.78, 5) is 0.771. The minimum atomic E-state index is -4.08. The van der Waals surface area contributed by atoms with Gasteiger partial charge in [-0.05, 0) is 41.7 Å². The van der Waals surface area contributed by atoms with E-state index >= 15 is 0 Å². The second-order valence-electron chi connectivity index (χ2n) is 5.14. The molecule has 0 bridgehead atoms. The van der Waals surface area contributed by atoms with Crippen LogP contribution in [0.5, 0.6) is 0 Å². The maximum atomic E-state index is 12.1. The van der Waals surface area contributed by atoms with E-state index in [1.165, 1.54) is 0 Å². The van der Waals surface area contributed by atoms with Gasteiger partial charge in [0.1, 0.15) is 0 Å². The van der Waals surface area contributed by atoms with E-state index in [-0.39, 0.29) is 6.42 Å². The second-order valence-corrected chi connectivity index (χ2v) is 6.52. The van der Waals surface area contributed by atoms with Crippen LogP contribution in [0.4, 0.5) is 13.2 Å². The zero-order valence-corrected chi connectivity index (χ0v) is 14.4. The third-order valence-electron chi connectivity index (χ3n) is 3.40. The lowest BCUT2D eigenvalue weighted by Gasteiger charge is -2.07. The van der Waals surface area contributed by atoms with Crippen molar-refractivity contribution in [2.75, 3.05) is 6.26 Å². The van der Waals surface area contributed by atoms with E-state index in [2.05, 4.69) is 13.2 Å². The number of aryl methyl sites for hydroxylation is 1. The van der Waals surface area contributed by atoms with Crippen LogP contribution >= 0.6 is 0 Å². The van der Waals surface area contributed by atoms with E-state index in [9.17, 15) is 17.4 Å². The Morgan fingerprint density at radius 2 is 1.38 bits per heavy atom. The van der Waals surface area contributed by atoms with Crippen molar-refractivity contribution in [2.45, 2.75) is 30.3 Å². The van der Waals surface area contributed by atoms with Crippen LogP contribution in [0.15, 0.2) is 66.6 Å². The molecule has 130 valence electrons. The quantitative estimate of drug-likeness (QED) is 0.622. The van der Waals surface area contributed by atoms with Crippen LogP contribution in [0.25, 0.3) is 11.1 Å². The highest BCUT2D eigenvalue weighted by molar-refractivity contribution is 7.84. The SMILES string of the molecule is C=C.CS(=O)c1ccc(-c2ccc(CCCC(F)(F)F)cc2)cc1. The summed E-state index contributed by atoms with van der Waals surface area (Å²) in [6, 6.07) is 15.0. The number of alkyl halides is 3. The highest BCUT2D eigenvalue weighted by Gasteiger charge is 2.25. The van der Waals surface area contributed by atoms with E-state index in [0.29, 0.717) is 6.42 Å². The fourth-order valence-corrected chi connectivity index (χ4v) is 2.72. The zero-order valence-electron chi connectivity index (χ0n) is 13.6. The molecule has 0 N–H and O–H groups in total. The average Bonchev–Trinajstić information content (AvgIpc) is 2.56. The normalized spacial score (nSPS) is 12.2. The Morgan fingerprint density at radius 3 is 1.79 bits per heavy atom.